The van der Waals surface area contributed by atoms with E-state index in [4.69, 9.17) is 16.3 Å². The normalized spacial score (nSPS) is 11.0. The molecule has 3 aromatic rings. The lowest BCUT2D eigenvalue weighted by Crippen LogP contribution is -2.21. The fraction of sp³-hybridized carbons (Fsp3) is 0.0556. The van der Waals surface area contributed by atoms with Gasteiger partial charge in [0, 0.05) is 11.8 Å². The highest BCUT2D eigenvalue weighted by Crippen LogP contribution is 2.23. The molecule has 0 atom stereocenters. The maximum Gasteiger partial charge on any atom is 0.321 e. The maximum absolute atomic E-state index is 12.2. The average Bonchev–Trinajstić information content (AvgIpc) is 2.63. The molecule has 0 amide bonds. The fourth-order valence-electron chi connectivity index (χ4n) is 2.27. The summed E-state index contributed by atoms with van der Waals surface area (Å²) in [4.78, 5) is 4.03. The van der Waals surface area contributed by atoms with E-state index in [1.807, 2.05) is 6.07 Å². The molecular weight excluding hydrogens is 374 g/mol. The number of hydrogen-bond donors (Lipinski definition) is 2. The maximum atomic E-state index is 12.2. The second-order valence-corrected chi connectivity index (χ2v) is 7.19. The zero-order valence-corrected chi connectivity index (χ0v) is 15.4. The molecule has 0 aliphatic rings. The van der Waals surface area contributed by atoms with Crippen molar-refractivity contribution < 1.29 is 13.2 Å². The first-order chi connectivity index (χ1) is 12.4. The Morgan fingerprint density at radius 2 is 1.38 bits per heavy atom. The van der Waals surface area contributed by atoms with Crippen molar-refractivity contribution in [3.8, 4) is 16.9 Å². The van der Waals surface area contributed by atoms with E-state index in [2.05, 4.69) is 14.4 Å². The SMILES string of the molecule is COc1ccc(NS(=O)(=O)Nc2ccc(-c3ccc(Cl)nc3)cc2)cc1. The Bertz CT molecular complexity index is 974. The first-order valence-electron chi connectivity index (χ1n) is 7.62. The number of anilines is 2. The highest BCUT2D eigenvalue weighted by atomic mass is 35.5. The third kappa shape index (κ3) is 4.65. The van der Waals surface area contributed by atoms with E-state index in [0.717, 1.165) is 11.1 Å². The van der Waals surface area contributed by atoms with Gasteiger partial charge in [0.25, 0.3) is 0 Å². The van der Waals surface area contributed by atoms with Crippen molar-refractivity contribution in [1.29, 1.82) is 0 Å². The van der Waals surface area contributed by atoms with E-state index in [0.29, 0.717) is 22.3 Å². The molecule has 0 aliphatic carbocycles. The molecule has 134 valence electrons. The lowest BCUT2D eigenvalue weighted by Gasteiger charge is -2.11. The number of hydrogen-bond acceptors (Lipinski definition) is 4. The van der Waals surface area contributed by atoms with Crippen LogP contribution in [0.15, 0.2) is 66.9 Å². The number of rotatable bonds is 6. The number of methoxy groups -OCH3 is 1. The smallest absolute Gasteiger partial charge is 0.321 e. The third-order valence-corrected chi connectivity index (χ3v) is 4.77. The molecule has 0 saturated heterocycles. The van der Waals surface area contributed by atoms with Gasteiger partial charge in [0.2, 0.25) is 0 Å². The molecule has 0 bridgehead atoms. The standard InChI is InChI=1S/C18H16ClN3O3S/c1-25-17-9-7-16(8-10-17)22-26(23,24)21-15-5-2-13(3-6-15)14-4-11-18(19)20-12-14/h2-12,21-22H,1H3. The highest BCUT2D eigenvalue weighted by Gasteiger charge is 2.10. The average molecular weight is 390 g/mol. The van der Waals surface area contributed by atoms with Gasteiger partial charge in [-0.2, -0.15) is 8.42 Å². The van der Waals surface area contributed by atoms with Crippen LogP contribution in [0.25, 0.3) is 11.1 Å². The molecule has 1 aromatic heterocycles. The van der Waals surface area contributed by atoms with Crippen molar-refractivity contribution >= 4 is 33.2 Å². The van der Waals surface area contributed by atoms with Gasteiger partial charge in [-0.25, -0.2) is 4.98 Å². The van der Waals surface area contributed by atoms with E-state index in [1.165, 1.54) is 0 Å². The zero-order chi connectivity index (χ0) is 18.6. The highest BCUT2D eigenvalue weighted by molar-refractivity contribution is 7.94. The summed E-state index contributed by atoms with van der Waals surface area (Å²) in [5.74, 6) is 0.646. The molecule has 2 N–H and O–H groups in total. The number of benzene rings is 2. The van der Waals surface area contributed by atoms with Crippen molar-refractivity contribution in [2.24, 2.45) is 0 Å². The summed E-state index contributed by atoms with van der Waals surface area (Å²) >= 11 is 5.78. The van der Waals surface area contributed by atoms with Gasteiger partial charge in [0.15, 0.2) is 0 Å². The van der Waals surface area contributed by atoms with Crippen molar-refractivity contribution in [1.82, 2.24) is 4.98 Å². The van der Waals surface area contributed by atoms with Crippen LogP contribution in [-0.2, 0) is 10.2 Å². The molecule has 0 unspecified atom stereocenters. The van der Waals surface area contributed by atoms with Gasteiger partial charge >= 0.3 is 10.2 Å². The second kappa shape index (κ2) is 7.63. The van der Waals surface area contributed by atoms with Crippen molar-refractivity contribution in [3.05, 3.63) is 72.0 Å². The number of aromatic nitrogens is 1. The molecule has 0 radical (unpaired) electrons. The number of ether oxygens (including phenoxy) is 1. The molecule has 8 heteroatoms. The Kier molecular flexibility index (Phi) is 5.29. The summed E-state index contributed by atoms with van der Waals surface area (Å²) < 4.78 is 34.4. The first kappa shape index (κ1) is 18.0. The third-order valence-electron chi connectivity index (χ3n) is 3.54. The second-order valence-electron chi connectivity index (χ2n) is 5.38. The van der Waals surface area contributed by atoms with Crippen LogP contribution in [0.1, 0.15) is 0 Å². The van der Waals surface area contributed by atoms with Gasteiger partial charge in [0.1, 0.15) is 10.9 Å². The molecule has 3 rings (SSSR count). The van der Waals surface area contributed by atoms with Crippen LogP contribution in [0.4, 0.5) is 11.4 Å². The van der Waals surface area contributed by atoms with Crippen molar-refractivity contribution in [2.45, 2.75) is 0 Å². The number of pyridine rings is 1. The molecule has 0 fully saturated rings. The summed E-state index contributed by atoms with van der Waals surface area (Å²) in [7, 11) is -2.21. The van der Waals surface area contributed by atoms with E-state index in [-0.39, 0.29) is 0 Å². The van der Waals surface area contributed by atoms with Crippen LogP contribution in [0.2, 0.25) is 5.15 Å². The lowest BCUT2D eigenvalue weighted by molar-refractivity contribution is 0.415. The van der Waals surface area contributed by atoms with Gasteiger partial charge in [-0.1, -0.05) is 23.7 Å². The molecular formula is C18H16ClN3O3S. The predicted molar refractivity (Wildman–Crippen MR) is 104 cm³/mol. The summed E-state index contributed by atoms with van der Waals surface area (Å²) in [6, 6.07) is 17.1. The summed E-state index contributed by atoms with van der Waals surface area (Å²) in [5, 5.41) is 0.419. The van der Waals surface area contributed by atoms with Crippen LogP contribution in [0, 0.1) is 0 Å². The largest absolute Gasteiger partial charge is 0.497 e. The summed E-state index contributed by atoms with van der Waals surface area (Å²) in [6.45, 7) is 0. The number of nitrogens with zero attached hydrogens (tertiary/aromatic N) is 1. The van der Waals surface area contributed by atoms with E-state index in [1.54, 1.807) is 67.9 Å². The minimum atomic E-state index is -3.76. The van der Waals surface area contributed by atoms with Crippen molar-refractivity contribution in [2.75, 3.05) is 16.6 Å². The van der Waals surface area contributed by atoms with Gasteiger partial charge in [-0.3, -0.25) is 9.44 Å². The summed E-state index contributed by atoms with van der Waals surface area (Å²) in [6.07, 6.45) is 1.66. The van der Waals surface area contributed by atoms with Crippen LogP contribution >= 0.6 is 11.6 Å². The molecule has 6 nitrogen and oxygen atoms in total. The van der Waals surface area contributed by atoms with E-state index >= 15 is 0 Å². The quantitative estimate of drug-likeness (QED) is 0.620. The van der Waals surface area contributed by atoms with Crippen LogP contribution in [0.3, 0.4) is 0 Å². The van der Waals surface area contributed by atoms with E-state index in [9.17, 15) is 8.42 Å². The van der Waals surface area contributed by atoms with Gasteiger partial charge in [-0.15, -0.1) is 0 Å². The Morgan fingerprint density at radius 3 is 1.88 bits per heavy atom. The number of nitrogens with one attached hydrogen (secondary N) is 2. The molecule has 2 aromatic carbocycles. The lowest BCUT2D eigenvalue weighted by atomic mass is 10.1. The Hall–Kier alpha value is -2.77. The van der Waals surface area contributed by atoms with Gasteiger partial charge in [-0.05, 0) is 54.1 Å². The zero-order valence-electron chi connectivity index (χ0n) is 13.8. The minimum Gasteiger partial charge on any atom is -0.497 e. The Morgan fingerprint density at radius 1 is 0.846 bits per heavy atom. The molecule has 0 spiro atoms. The summed E-state index contributed by atoms with van der Waals surface area (Å²) in [5.41, 5.74) is 2.67. The monoisotopic (exact) mass is 389 g/mol. The van der Waals surface area contributed by atoms with Crippen molar-refractivity contribution in [3.63, 3.8) is 0 Å². The van der Waals surface area contributed by atoms with Gasteiger partial charge in [0.05, 0.1) is 18.5 Å². The fourth-order valence-corrected chi connectivity index (χ4v) is 3.33. The molecule has 0 saturated carbocycles. The number of halogens is 1. The van der Waals surface area contributed by atoms with Crippen LogP contribution < -0.4 is 14.2 Å². The molecule has 26 heavy (non-hydrogen) atoms. The Labute approximate surface area is 157 Å². The first-order valence-corrected chi connectivity index (χ1v) is 9.48. The topological polar surface area (TPSA) is 80.3 Å². The minimum absolute atomic E-state index is 0.419. The van der Waals surface area contributed by atoms with E-state index < -0.39 is 10.2 Å². The van der Waals surface area contributed by atoms with Gasteiger partial charge < -0.3 is 4.74 Å². The molecule has 0 aliphatic heterocycles. The van der Waals surface area contributed by atoms with Crippen LogP contribution in [-0.4, -0.2) is 20.5 Å². The molecule has 1 heterocycles. The van der Waals surface area contributed by atoms with Crippen LogP contribution in [0.5, 0.6) is 5.75 Å². The predicted octanol–water partition coefficient (Wildman–Crippen LogP) is 4.18. The Balaban J connectivity index is 1.69.